The molecule has 4 rings (SSSR count). The molecule has 1 aliphatic rings. The number of nitrogen functional groups attached to an aromatic ring is 1. The molecule has 11 heteroatoms. The summed E-state index contributed by atoms with van der Waals surface area (Å²) in [4.78, 5) is 13.9. The lowest BCUT2D eigenvalue weighted by Crippen LogP contribution is -2.51. The van der Waals surface area contributed by atoms with Gasteiger partial charge >= 0.3 is 0 Å². The molecule has 1 saturated heterocycles. The van der Waals surface area contributed by atoms with Gasteiger partial charge in [-0.15, -0.1) is 0 Å². The lowest BCUT2D eigenvalue weighted by molar-refractivity contribution is 0.00700. The van der Waals surface area contributed by atoms with E-state index in [9.17, 15) is 13.9 Å². The average Bonchev–Trinajstić information content (AvgIpc) is 3.16. The SMILES string of the molecule is [C-]#[N+]c1cc(C(C)n2nc(C(F)F)c3c(N)ncnc32)c(OC)c(C2CN(CC(C)(C)O)C2)c1C. The zero-order chi connectivity index (χ0) is 25.7. The first-order valence-corrected chi connectivity index (χ1v) is 11.3. The molecule has 0 amide bonds. The van der Waals surface area contributed by atoms with Crippen molar-refractivity contribution < 1.29 is 18.6 Å². The first-order valence-electron chi connectivity index (χ1n) is 11.3. The van der Waals surface area contributed by atoms with E-state index < -0.39 is 23.8 Å². The fourth-order valence-corrected chi connectivity index (χ4v) is 4.94. The predicted octanol–water partition coefficient (Wildman–Crippen LogP) is 3.99. The van der Waals surface area contributed by atoms with E-state index in [-0.39, 0.29) is 22.8 Å². The number of aliphatic hydroxyl groups is 1. The summed E-state index contributed by atoms with van der Waals surface area (Å²) in [6.45, 7) is 16.9. The number of ether oxygens (including phenoxy) is 1. The second-order valence-corrected chi connectivity index (χ2v) is 9.64. The Balaban J connectivity index is 1.82. The maximum Gasteiger partial charge on any atom is 0.282 e. The number of anilines is 1. The smallest absolute Gasteiger partial charge is 0.282 e. The Kier molecular flexibility index (Phi) is 6.38. The van der Waals surface area contributed by atoms with E-state index in [1.165, 1.54) is 11.0 Å². The lowest BCUT2D eigenvalue weighted by Gasteiger charge is -2.43. The summed E-state index contributed by atoms with van der Waals surface area (Å²) < 4.78 is 34.8. The van der Waals surface area contributed by atoms with Gasteiger partial charge in [0.2, 0.25) is 0 Å². The van der Waals surface area contributed by atoms with E-state index in [1.54, 1.807) is 33.9 Å². The van der Waals surface area contributed by atoms with Crippen LogP contribution in [0.4, 0.5) is 20.3 Å². The maximum absolute atomic E-state index is 13.8. The van der Waals surface area contributed by atoms with Crippen molar-refractivity contribution >= 4 is 22.5 Å². The highest BCUT2D eigenvalue weighted by Crippen LogP contribution is 2.45. The van der Waals surface area contributed by atoms with Crippen molar-refractivity contribution in [3.05, 3.63) is 46.2 Å². The highest BCUT2D eigenvalue weighted by Gasteiger charge is 2.36. The van der Waals surface area contributed by atoms with Crippen molar-refractivity contribution in [3.8, 4) is 5.75 Å². The summed E-state index contributed by atoms with van der Waals surface area (Å²) in [5.41, 5.74) is 7.62. The van der Waals surface area contributed by atoms with Crippen LogP contribution >= 0.6 is 0 Å². The first kappa shape index (κ1) is 24.8. The lowest BCUT2D eigenvalue weighted by atomic mass is 9.84. The molecule has 9 nitrogen and oxygen atoms in total. The summed E-state index contributed by atoms with van der Waals surface area (Å²) in [6, 6.07) is 1.14. The second-order valence-electron chi connectivity index (χ2n) is 9.64. The van der Waals surface area contributed by atoms with Gasteiger partial charge in [-0.25, -0.2) is 28.3 Å². The molecular formula is C24H29F2N7O2. The van der Waals surface area contributed by atoms with Crippen LogP contribution in [0.15, 0.2) is 12.4 Å². The fraction of sp³-hybridized carbons (Fsp3) is 0.500. The number of nitrogens with two attached hydrogens (primary N) is 1. The van der Waals surface area contributed by atoms with Crippen molar-refractivity contribution in [3.63, 3.8) is 0 Å². The quantitative estimate of drug-likeness (QED) is 0.487. The van der Waals surface area contributed by atoms with Crippen LogP contribution in [-0.2, 0) is 0 Å². The molecule has 0 aliphatic carbocycles. The standard InChI is InChI=1S/C24H29F2N7O2/c1-12-16(28-5)7-15(20(35-6)17(12)14-8-32(9-14)10-24(3,4)34)13(2)33-23-18(19(31-33)21(25)26)22(27)29-11-30-23/h7,11,13-14,21,34H,8-10H2,1-4,6H3,(H2,27,29,30). The number of halogens is 2. The molecule has 1 fully saturated rings. The van der Waals surface area contributed by atoms with Crippen LogP contribution in [0.25, 0.3) is 15.9 Å². The predicted molar refractivity (Wildman–Crippen MR) is 128 cm³/mol. The second kappa shape index (κ2) is 9.02. The minimum Gasteiger partial charge on any atom is -0.496 e. The van der Waals surface area contributed by atoms with Gasteiger partial charge in [-0.1, -0.05) is 0 Å². The molecule has 3 N–H and O–H groups in total. The number of aromatic nitrogens is 4. The molecule has 0 radical (unpaired) electrons. The monoisotopic (exact) mass is 485 g/mol. The molecule has 3 heterocycles. The number of β-amino-alcohol motifs (C(OH)–C–C–N with tert-alkyl or cyclic N) is 1. The Morgan fingerprint density at radius 2 is 2.03 bits per heavy atom. The van der Waals surface area contributed by atoms with Gasteiger partial charge in [0.15, 0.2) is 11.3 Å². The zero-order valence-corrected chi connectivity index (χ0v) is 20.4. The molecule has 186 valence electrons. The summed E-state index contributed by atoms with van der Waals surface area (Å²) in [7, 11) is 1.56. The molecule has 1 unspecified atom stereocenters. The number of hydrogen-bond acceptors (Lipinski definition) is 7. The summed E-state index contributed by atoms with van der Waals surface area (Å²) in [6.07, 6.45) is -1.64. The van der Waals surface area contributed by atoms with Gasteiger partial charge in [-0.05, 0) is 44.9 Å². The van der Waals surface area contributed by atoms with Crippen LogP contribution < -0.4 is 10.5 Å². The van der Waals surface area contributed by atoms with E-state index in [4.69, 9.17) is 17.0 Å². The molecule has 1 atom stereocenters. The largest absolute Gasteiger partial charge is 0.496 e. The third kappa shape index (κ3) is 4.39. The maximum atomic E-state index is 13.8. The Labute approximate surface area is 202 Å². The number of hydrogen-bond donors (Lipinski definition) is 2. The number of likely N-dealkylation sites (tertiary alicyclic amines) is 1. The summed E-state index contributed by atoms with van der Waals surface area (Å²) >= 11 is 0. The van der Waals surface area contributed by atoms with Crippen LogP contribution in [0.3, 0.4) is 0 Å². The molecule has 3 aromatic rings. The van der Waals surface area contributed by atoms with Crippen molar-refractivity contribution in [2.45, 2.75) is 51.7 Å². The number of methoxy groups -OCH3 is 1. The molecule has 35 heavy (non-hydrogen) atoms. The average molecular weight is 486 g/mol. The highest BCUT2D eigenvalue weighted by atomic mass is 19.3. The van der Waals surface area contributed by atoms with Crippen molar-refractivity contribution in [2.75, 3.05) is 32.5 Å². The zero-order valence-electron chi connectivity index (χ0n) is 20.4. The van der Waals surface area contributed by atoms with Gasteiger partial charge in [-0.3, -0.25) is 4.90 Å². The normalized spacial score (nSPS) is 15.9. The van der Waals surface area contributed by atoms with Gasteiger partial charge in [0, 0.05) is 31.1 Å². The number of nitrogens with zero attached hydrogens (tertiary/aromatic N) is 6. The Morgan fingerprint density at radius 3 is 2.60 bits per heavy atom. The van der Waals surface area contributed by atoms with Crippen LogP contribution in [0.5, 0.6) is 5.75 Å². The molecule has 0 saturated carbocycles. The van der Waals surface area contributed by atoms with Crippen molar-refractivity contribution in [1.29, 1.82) is 0 Å². The first-order chi connectivity index (χ1) is 16.5. The number of fused-ring (bicyclic) bond motifs is 1. The number of rotatable bonds is 7. The minimum absolute atomic E-state index is 0.0207. The van der Waals surface area contributed by atoms with Gasteiger partial charge in [0.1, 0.15) is 23.6 Å². The Bertz CT molecular complexity index is 1300. The molecule has 2 aromatic heterocycles. The minimum atomic E-state index is -2.86. The summed E-state index contributed by atoms with van der Waals surface area (Å²) in [5, 5.41) is 14.3. The Hall–Kier alpha value is -3.36. The topological polar surface area (TPSA) is 107 Å². The number of benzene rings is 1. The van der Waals surface area contributed by atoms with Crippen LogP contribution in [0, 0.1) is 13.5 Å². The van der Waals surface area contributed by atoms with Gasteiger partial charge < -0.3 is 15.6 Å². The van der Waals surface area contributed by atoms with E-state index >= 15 is 0 Å². The molecular weight excluding hydrogens is 456 g/mol. The highest BCUT2D eigenvalue weighted by molar-refractivity contribution is 5.88. The molecule has 1 aromatic carbocycles. The number of alkyl halides is 2. The third-order valence-electron chi connectivity index (χ3n) is 6.46. The van der Waals surface area contributed by atoms with E-state index in [0.717, 1.165) is 11.1 Å². The van der Waals surface area contributed by atoms with Gasteiger partial charge in [0.25, 0.3) is 6.43 Å². The third-order valence-corrected chi connectivity index (χ3v) is 6.46. The van der Waals surface area contributed by atoms with Crippen molar-refractivity contribution in [2.24, 2.45) is 0 Å². The molecule has 1 aliphatic heterocycles. The van der Waals surface area contributed by atoms with E-state index in [0.29, 0.717) is 36.6 Å². The molecule has 0 spiro atoms. The van der Waals surface area contributed by atoms with Crippen LogP contribution in [-0.4, -0.2) is 62.1 Å². The van der Waals surface area contributed by atoms with Gasteiger partial charge in [0.05, 0.1) is 30.7 Å². The summed E-state index contributed by atoms with van der Waals surface area (Å²) in [5.74, 6) is 0.631. The van der Waals surface area contributed by atoms with Crippen molar-refractivity contribution in [1.82, 2.24) is 24.6 Å². The van der Waals surface area contributed by atoms with Crippen LogP contribution in [0.1, 0.15) is 61.5 Å². The van der Waals surface area contributed by atoms with Crippen LogP contribution in [0.2, 0.25) is 0 Å². The Morgan fingerprint density at radius 1 is 1.34 bits per heavy atom. The van der Waals surface area contributed by atoms with E-state index in [2.05, 4.69) is 24.8 Å². The fourth-order valence-electron chi connectivity index (χ4n) is 4.94. The van der Waals surface area contributed by atoms with Gasteiger partial charge in [-0.2, -0.15) is 5.10 Å². The molecule has 0 bridgehead atoms. The van der Waals surface area contributed by atoms with E-state index in [1.807, 2.05) is 6.92 Å².